The van der Waals surface area contributed by atoms with Crippen molar-refractivity contribution in [3.8, 4) is 5.75 Å². The Labute approximate surface area is 125 Å². The summed E-state index contributed by atoms with van der Waals surface area (Å²) in [6, 6.07) is 4.53. The lowest BCUT2D eigenvalue weighted by Crippen LogP contribution is -2.48. The summed E-state index contributed by atoms with van der Waals surface area (Å²) in [4.78, 5) is 12.7. The molecule has 120 valence electrons. The minimum absolute atomic E-state index is 0.0456. The van der Waals surface area contributed by atoms with E-state index in [1.165, 1.54) is 17.0 Å². The molecule has 2 fully saturated rings. The number of carboxylic acid groups (broad SMARTS) is 1. The van der Waals surface area contributed by atoms with Gasteiger partial charge in [0.15, 0.2) is 0 Å². The van der Waals surface area contributed by atoms with Gasteiger partial charge in [0.25, 0.3) is 0 Å². The molecule has 2 saturated heterocycles. The van der Waals surface area contributed by atoms with E-state index in [9.17, 15) is 23.1 Å². The molecule has 0 unspecified atom stereocenters. The first-order valence-corrected chi connectivity index (χ1v) is 7.20. The number of ether oxygens (including phenoxy) is 1. The second kappa shape index (κ2) is 5.37. The number of benzene rings is 1. The molecule has 1 aromatic rings. The van der Waals surface area contributed by atoms with E-state index in [0.717, 1.165) is 25.0 Å². The van der Waals surface area contributed by atoms with Crippen LogP contribution in [0.5, 0.6) is 5.75 Å². The second-order valence-corrected chi connectivity index (χ2v) is 5.81. The molecule has 2 aliphatic rings. The first kappa shape index (κ1) is 15.0. The number of nitrogens with zero attached hydrogens (tertiary/aromatic N) is 1. The van der Waals surface area contributed by atoms with Gasteiger partial charge >= 0.3 is 12.3 Å². The molecule has 1 aromatic carbocycles. The molecule has 0 spiro atoms. The number of fused-ring (bicyclic) bond motifs is 2. The van der Waals surface area contributed by atoms with Gasteiger partial charge in [-0.15, -0.1) is 0 Å². The van der Waals surface area contributed by atoms with Gasteiger partial charge in [0, 0.05) is 24.9 Å². The molecule has 3 rings (SSSR count). The van der Waals surface area contributed by atoms with E-state index in [0.29, 0.717) is 18.6 Å². The van der Waals surface area contributed by atoms with Crippen LogP contribution in [0.1, 0.15) is 31.2 Å². The summed E-state index contributed by atoms with van der Waals surface area (Å²) in [6.07, 6.45) is -2.59. The van der Waals surface area contributed by atoms with E-state index in [1.807, 2.05) is 0 Å². The molecule has 3 atom stereocenters. The number of hydrogen-bond donors (Lipinski definition) is 1. The van der Waals surface area contributed by atoms with Gasteiger partial charge in [0.2, 0.25) is 0 Å². The van der Waals surface area contributed by atoms with E-state index in [1.54, 1.807) is 0 Å². The highest BCUT2D eigenvalue weighted by atomic mass is 19.4. The van der Waals surface area contributed by atoms with Crippen LogP contribution >= 0.6 is 0 Å². The predicted molar refractivity (Wildman–Crippen MR) is 71.8 cm³/mol. The predicted octanol–water partition coefficient (Wildman–Crippen LogP) is 3.76. The third-order valence-corrected chi connectivity index (χ3v) is 4.40. The van der Waals surface area contributed by atoms with E-state index in [4.69, 9.17) is 4.74 Å². The maximum atomic E-state index is 12.5. The average molecular weight is 315 g/mol. The molecule has 4 nitrogen and oxygen atoms in total. The Hall–Kier alpha value is -1.92. The molecule has 22 heavy (non-hydrogen) atoms. The van der Waals surface area contributed by atoms with Crippen molar-refractivity contribution in [2.75, 3.05) is 0 Å². The molecule has 2 bridgehead atoms. The molecule has 0 radical (unpaired) electrons. The summed E-state index contributed by atoms with van der Waals surface area (Å²) in [5, 5.41) is 9.18. The maximum absolute atomic E-state index is 12.5. The molecule has 2 aliphatic heterocycles. The van der Waals surface area contributed by atoms with Crippen molar-refractivity contribution in [3.05, 3.63) is 29.8 Å². The van der Waals surface area contributed by atoms with Crippen molar-refractivity contribution in [1.29, 1.82) is 0 Å². The number of hydrogen-bond acceptors (Lipinski definition) is 2. The van der Waals surface area contributed by atoms with Gasteiger partial charge in [-0.05, 0) is 37.1 Å². The first-order valence-electron chi connectivity index (χ1n) is 7.20. The lowest BCUT2D eigenvalue weighted by molar-refractivity contribution is -0.137. The van der Waals surface area contributed by atoms with Crippen LogP contribution in [-0.4, -0.2) is 34.3 Å². The van der Waals surface area contributed by atoms with Gasteiger partial charge < -0.3 is 14.7 Å². The van der Waals surface area contributed by atoms with Gasteiger partial charge in [-0.1, -0.05) is 0 Å². The number of amides is 1. The molecule has 1 amide bonds. The highest BCUT2D eigenvalue weighted by Gasteiger charge is 2.44. The fourth-order valence-electron chi connectivity index (χ4n) is 3.45. The van der Waals surface area contributed by atoms with Gasteiger partial charge in [0.1, 0.15) is 11.9 Å². The Bertz CT molecular complexity index is 544. The normalized spacial score (nSPS) is 27.8. The molecular weight excluding hydrogens is 299 g/mol. The molecular formula is C15H16F3NO3. The van der Waals surface area contributed by atoms with E-state index in [-0.39, 0.29) is 18.2 Å². The minimum Gasteiger partial charge on any atom is -0.490 e. The SMILES string of the molecule is O=C(O)N1[C@@H]2CC[C@H]1C[C@H](Oc1ccc(C(F)(F)F)cc1)C2. The van der Waals surface area contributed by atoms with Crippen molar-refractivity contribution < 1.29 is 27.8 Å². The highest BCUT2D eigenvalue weighted by molar-refractivity contribution is 5.66. The molecule has 7 heteroatoms. The Balaban J connectivity index is 1.65. The van der Waals surface area contributed by atoms with Crippen LogP contribution in [0.15, 0.2) is 24.3 Å². The fourth-order valence-corrected chi connectivity index (χ4v) is 3.45. The molecule has 2 heterocycles. The van der Waals surface area contributed by atoms with Crippen LogP contribution in [0.4, 0.5) is 18.0 Å². The smallest absolute Gasteiger partial charge is 0.416 e. The zero-order valence-corrected chi connectivity index (χ0v) is 11.7. The lowest BCUT2D eigenvalue weighted by atomic mass is 10.00. The third-order valence-electron chi connectivity index (χ3n) is 4.40. The van der Waals surface area contributed by atoms with Gasteiger partial charge in [-0.3, -0.25) is 0 Å². The standard InChI is InChI=1S/C15H16F3NO3/c16-15(17,18)9-1-5-12(6-2-9)22-13-7-10-3-4-11(8-13)19(10)14(20)21/h1-2,5-6,10-11,13H,3-4,7-8H2,(H,20,21)/t10-,11+,13-. The van der Waals surface area contributed by atoms with Crippen molar-refractivity contribution in [2.45, 2.75) is 50.0 Å². The summed E-state index contributed by atoms with van der Waals surface area (Å²) >= 11 is 0. The molecule has 0 aromatic heterocycles. The number of halogens is 3. The number of carbonyl (C=O) groups is 1. The monoisotopic (exact) mass is 315 g/mol. The van der Waals surface area contributed by atoms with E-state index < -0.39 is 17.8 Å². The lowest BCUT2D eigenvalue weighted by Gasteiger charge is -2.37. The Morgan fingerprint density at radius 1 is 1.14 bits per heavy atom. The summed E-state index contributed by atoms with van der Waals surface area (Å²) in [6.45, 7) is 0. The third kappa shape index (κ3) is 2.84. The fraction of sp³-hybridized carbons (Fsp3) is 0.533. The van der Waals surface area contributed by atoms with E-state index >= 15 is 0 Å². The van der Waals surface area contributed by atoms with Gasteiger partial charge in [0.05, 0.1) is 5.56 Å². The van der Waals surface area contributed by atoms with Crippen LogP contribution < -0.4 is 4.74 Å². The number of alkyl halides is 3. The summed E-state index contributed by atoms with van der Waals surface area (Å²) < 4.78 is 43.3. The molecule has 0 aliphatic carbocycles. The average Bonchev–Trinajstić information content (AvgIpc) is 2.71. The van der Waals surface area contributed by atoms with Crippen LogP contribution in [0.25, 0.3) is 0 Å². The van der Waals surface area contributed by atoms with Crippen molar-refractivity contribution in [3.63, 3.8) is 0 Å². The largest absolute Gasteiger partial charge is 0.490 e. The topological polar surface area (TPSA) is 49.8 Å². The maximum Gasteiger partial charge on any atom is 0.416 e. The molecule has 1 N–H and O–H groups in total. The van der Waals surface area contributed by atoms with Crippen LogP contribution in [-0.2, 0) is 6.18 Å². The zero-order valence-electron chi connectivity index (χ0n) is 11.7. The quantitative estimate of drug-likeness (QED) is 0.904. The van der Waals surface area contributed by atoms with Crippen molar-refractivity contribution in [2.24, 2.45) is 0 Å². The van der Waals surface area contributed by atoms with E-state index in [2.05, 4.69) is 0 Å². The zero-order chi connectivity index (χ0) is 15.9. The first-order chi connectivity index (χ1) is 10.3. The van der Waals surface area contributed by atoms with Crippen LogP contribution in [0, 0.1) is 0 Å². The van der Waals surface area contributed by atoms with Crippen LogP contribution in [0.3, 0.4) is 0 Å². The number of piperidine rings is 1. The number of rotatable bonds is 2. The van der Waals surface area contributed by atoms with Gasteiger partial charge in [-0.2, -0.15) is 13.2 Å². The Morgan fingerprint density at radius 3 is 2.14 bits per heavy atom. The minimum atomic E-state index is -4.36. The highest BCUT2D eigenvalue weighted by Crippen LogP contribution is 2.37. The summed E-state index contributed by atoms with van der Waals surface area (Å²) in [7, 11) is 0. The van der Waals surface area contributed by atoms with Crippen molar-refractivity contribution >= 4 is 6.09 Å². The second-order valence-electron chi connectivity index (χ2n) is 5.81. The van der Waals surface area contributed by atoms with Gasteiger partial charge in [-0.25, -0.2) is 4.79 Å². The summed E-state index contributed by atoms with van der Waals surface area (Å²) in [5.41, 5.74) is -0.708. The van der Waals surface area contributed by atoms with Crippen molar-refractivity contribution in [1.82, 2.24) is 4.90 Å². The summed E-state index contributed by atoms with van der Waals surface area (Å²) in [5.74, 6) is 0.390. The Morgan fingerprint density at radius 2 is 1.68 bits per heavy atom. The Kier molecular flexibility index (Phi) is 3.66. The van der Waals surface area contributed by atoms with Crippen LogP contribution in [0.2, 0.25) is 0 Å². The molecule has 0 saturated carbocycles.